The Morgan fingerprint density at radius 3 is 1.50 bits per heavy atom. The monoisotopic (exact) mass is 452 g/mol. The van der Waals surface area contributed by atoms with E-state index in [-0.39, 0.29) is 0 Å². The van der Waals surface area contributed by atoms with Crippen molar-refractivity contribution >= 4 is 29.2 Å². The van der Waals surface area contributed by atoms with Crippen molar-refractivity contribution in [1.29, 1.82) is 0 Å². The largest absolute Gasteiger partial charge is 0.481 e. The summed E-state index contributed by atoms with van der Waals surface area (Å²) in [7, 11) is 0. The van der Waals surface area contributed by atoms with E-state index in [4.69, 9.17) is 23.2 Å². The van der Waals surface area contributed by atoms with E-state index in [9.17, 15) is 36.2 Å². The Labute approximate surface area is 168 Å². The average Bonchev–Trinajstić information content (AvgIpc) is 3.14. The van der Waals surface area contributed by atoms with Crippen molar-refractivity contribution in [3.63, 3.8) is 0 Å². The van der Waals surface area contributed by atoms with Crippen LogP contribution in [-0.2, 0) is 4.79 Å². The van der Waals surface area contributed by atoms with Crippen LogP contribution >= 0.6 is 23.2 Å². The van der Waals surface area contributed by atoms with Gasteiger partial charge < -0.3 is 5.11 Å². The third-order valence-corrected chi connectivity index (χ3v) is 7.84. The summed E-state index contributed by atoms with van der Waals surface area (Å²) in [6.07, 6.45) is -8.20. The minimum atomic E-state index is -4.84. The molecule has 0 radical (unpaired) electrons. The smallest absolute Gasteiger partial charge is 0.426 e. The Morgan fingerprint density at radius 2 is 1.18 bits per heavy atom. The first-order valence-electron chi connectivity index (χ1n) is 8.34. The summed E-state index contributed by atoms with van der Waals surface area (Å²) in [6.45, 7) is 7.61. The minimum absolute atomic E-state index is 0.668. The lowest BCUT2D eigenvalue weighted by Crippen LogP contribution is -2.34. The predicted molar refractivity (Wildman–Crippen MR) is 92.7 cm³/mol. The van der Waals surface area contributed by atoms with Gasteiger partial charge >= 0.3 is 18.3 Å². The van der Waals surface area contributed by atoms with Gasteiger partial charge in [-0.2, -0.15) is 26.3 Å². The Bertz CT molecular complexity index is 765. The first-order valence-corrected chi connectivity index (χ1v) is 9.09. The molecular formula is C18H20Cl2F6O2. The summed E-state index contributed by atoms with van der Waals surface area (Å²) in [5, 5.41) is 7.19. The SMILES string of the molecule is CC1(C)[C@@H](C=C(Cl)C(F)(F)F)[C@]1(C(=O)O)[C@]1(C)[C@H](/C=C(\Cl)C(F)(F)F)C1(C)C. The van der Waals surface area contributed by atoms with E-state index < -0.39 is 61.9 Å². The molecule has 4 atom stereocenters. The van der Waals surface area contributed by atoms with E-state index >= 15 is 0 Å². The lowest BCUT2D eigenvalue weighted by molar-refractivity contribution is -0.149. The van der Waals surface area contributed by atoms with Crippen molar-refractivity contribution in [2.75, 3.05) is 0 Å². The molecule has 28 heavy (non-hydrogen) atoms. The maximum absolute atomic E-state index is 12.9. The molecule has 2 fully saturated rings. The fourth-order valence-corrected chi connectivity index (χ4v) is 5.65. The zero-order chi connectivity index (χ0) is 22.3. The van der Waals surface area contributed by atoms with E-state index in [2.05, 4.69) is 0 Å². The Hall–Kier alpha value is -0.890. The fourth-order valence-electron chi connectivity index (χ4n) is 5.40. The highest BCUT2D eigenvalue weighted by Crippen LogP contribution is 2.90. The third-order valence-electron chi connectivity index (χ3n) is 7.16. The normalized spacial score (nSPS) is 37.6. The summed E-state index contributed by atoms with van der Waals surface area (Å²) >= 11 is 10.7. The maximum atomic E-state index is 12.9. The molecule has 160 valence electrons. The molecule has 1 N–H and O–H groups in total. The molecule has 0 spiro atoms. The molecule has 0 saturated heterocycles. The third kappa shape index (κ3) is 2.81. The van der Waals surface area contributed by atoms with E-state index in [1.807, 2.05) is 0 Å². The van der Waals surface area contributed by atoms with Crippen molar-refractivity contribution in [2.45, 2.75) is 47.0 Å². The van der Waals surface area contributed by atoms with Gasteiger partial charge in [-0.3, -0.25) is 4.79 Å². The summed E-state index contributed by atoms with van der Waals surface area (Å²) in [4.78, 5) is 12.3. The highest BCUT2D eigenvalue weighted by atomic mass is 35.5. The van der Waals surface area contributed by atoms with Gasteiger partial charge in [0.05, 0.1) is 5.41 Å². The number of hydrogen-bond acceptors (Lipinski definition) is 1. The number of rotatable bonds is 4. The fraction of sp³-hybridized carbons (Fsp3) is 0.722. The van der Waals surface area contributed by atoms with Gasteiger partial charge in [0.2, 0.25) is 0 Å². The van der Waals surface area contributed by atoms with Crippen LogP contribution in [0.3, 0.4) is 0 Å². The molecule has 0 bridgehead atoms. The lowest BCUT2D eigenvalue weighted by atomic mass is 9.75. The van der Waals surface area contributed by atoms with Crippen molar-refractivity contribution in [3.05, 3.63) is 22.2 Å². The van der Waals surface area contributed by atoms with Crippen LogP contribution in [0.4, 0.5) is 26.3 Å². The summed E-state index contributed by atoms with van der Waals surface area (Å²) < 4.78 is 77.3. The highest BCUT2D eigenvalue weighted by molar-refractivity contribution is 6.30. The average molecular weight is 453 g/mol. The van der Waals surface area contributed by atoms with Gasteiger partial charge in [-0.25, -0.2) is 0 Å². The number of aliphatic carboxylic acids is 1. The van der Waals surface area contributed by atoms with Crippen molar-refractivity contribution in [2.24, 2.45) is 33.5 Å². The number of carbonyl (C=O) groups is 1. The Balaban J connectivity index is 2.60. The molecule has 0 heterocycles. The second kappa shape index (κ2) is 6.06. The molecule has 0 aromatic heterocycles. The number of allylic oxidation sites excluding steroid dienone is 4. The molecule has 10 heteroatoms. The molecule has 0 aromatic carbocycles. The zero-order valence-corrected chi connectivity index (χ0v) is 17.2. The zero-order valence-electron chi connectivity index (χ0n) is 15.7. The Morgan fingerprint density at radius 1 is 0.821 bits per heavy atom. The van der Waals surface area contributed by atoms with Gasteiger partial charge in [0.1, 0.15) is 10.1 Å². The molecule has 0 aromatic rings. The molecule has 2 aliphatic rings. The first-order chi connectivity index (χ1) is 12.2. The molecule has 2 nitrogen and oxygen atoms in total. The second-order valence-electron chi connectivity index (χ2n) is 8.74. The van der Waals surface area contributed by atoms with Crippen LogP contribution in [0.5, 0.6) is 0 Å². The first kappa shape index (κ1) is 23.4. The molecular weight excluding hydrogens is 433 g/mol. The maximum Gasteiger partial charge on any atom is 0.426 e. The van der Waals surface area contributed by atoms with Crippen LogP contribution in [0, 0.1) is 33.5 Å². The molecule has 2 rings (SSSR count). The van der Waals surface area contributed by atoms with Crippen LogP contribution < -0.4 is 0 Å². The highest BCUT2D eigenvalue weighted by Gasteiger charge is 2.91. The summed E-state index contributed by atoms with van der Waals surface area (Å²) in [5.74, 6) is -3.38. The van der Waals surface area contributed by atoms with Gasteiger partial charge in [0.15, 0.2) is 0 Å². The van der Waals surface area contributed by atoms with E-state index in [1.54, 1.807) is 13.8 Å². The summed E-state index contributed by atoms with van der Waals surface area (Å²) in [5.41, 5.74) is -5.12. The molecule has 2 aliphatic carbocycles. The molecule has 0 unspecified atom stereocenters. The number of halogens is 8. The van der Waals surface area contributed by atoms with Crippen LogP contribution in [0.15, 0.2) is 22.2 Å². The number of alkyl halides is 6. The van der Waals surface area contributed by atoms with Crippen LogP contribution in [0.1, 0.15) is 34.6 Å². The minimum Gasteiger partial charge on any atom is -0.481 e. The summed E-state index contributed by atoms with van der Waals surface area (Å²) in [6, 6.07) is 0. The number of carboxylic acid groups (broad SMARTS) is 1. The lowest BCUT2D eigenvalue weighted by Gasteiger charge is -2.27. The Kier molecular flexibility index (Phi) is 5.06. The topological polar surface area (TPSA) is 37.3 Å². The van der Waals surface area contributed by atoms with Gasteiger partial charge in [0.25, 0.3) is 0 Å². The van der Waals surface area contributed by atoms with E-state index in [0.29, 0.717) is 6.08 Å². The van der Waals surface area contributed by atoms with Gasteiger partial charge in [-0.15, -0.1) is 0 Å². The quantitative estimate of drug-likeness (QED) is 0.479. The van der Waals surface area contributed by atoms with Crippen molar-refractivity contribution in [1.82, 2.24) is 0 Å². The standard InChI is InChI=1S/C18H20Cl2F6O2/c1-13(2)8(6-10(19)17(21,22)23)15(13,5)16(12(27)28)9(14(16,3)4)7-11(20)18(24,25)26/h6-9H,1-5H3,(H,27,28)/b10-6-,11-7?/t8-,9-,15-,16-/m1/s1. The van der Waals surface area contributed by atoms with Crippen LogP contribution in [0.2, 0.25) is 0 Å². The molecule has 0 aliphatic heterocycles. The molecule has 2 saturated carbocycles. The van der Waals surface area contributed by atoms with Crippen molar-refractivity contribution < 1.29 is 36.2 Å². The van der Waals surface area contributed by atoms with E-state index in [1.165, 1.54) is 20.8 Å². The number of hydrogen-bond donors (Lipinski definition) is 1. The van der Waals surface area contributed by atoms with E-state index in [0.717, 1.165) is 6.08 Å². The molecule has 0 amide bonds. The van der Waals surface area contributed by atoms with Crippen LogP contribution in [0.25, 0.3) is 0 Å². The number of carboxylic acids is 1. The van der Waals surface area contributed by atoms with Gasteiger partial charge in [-0.05, 0) is 22.2 Å². The van der Waals surface area contributed by atoms with Gasteiger partial charge in [-0.1, -0.05) is 70.0 Å². The van der Waals surface area contributed by atoms with Crippen molar-refractivity contribution in [3.8, 4) is 0 Å². The van der Waals surface area contributed by atoms with Crippen LogP contribution in [-0.4, -0.2) is 23.4 Å². The van der Waals surface area contributed by atoms with Gasteiger partial charge in [0, 0.05) is 5.92 Å². The second-order valence-corrected chi connectivity index (χ2v) is 9.55. The predicted octanol–water partition coefficient (Wildman–Crippen LogP) is 6.75.